The van der Waals surface area contributed by atoms with Crippen LogP contribution in [-0.2, 0) is 0 Å². The number of aromatic carboxylic acids is 4. The SMILES string of the molecule is CCCCCCOc1cc(C#Cc2cc(C(=O)O)cc(C(=O)O)c2)c(OCCCCCC)cc1C#CC#Cc1cc(OCCCCCC)c(C#Cc2cc(C(=O)O)cc(C(=O)O)c2)cc1OCCCCCC. The van der Waals surface area contributed by atoms with E-state index in [0.29, 0.717) is 71.7 Å². The monoisotopic (exact) mass is 978 g/mol. The summed E-state index contributed by atoms with van der Waals surface area (Å²) in [6.07, 6.45) is 15.5. The van der Waals surface area contributed by atoms with E-state index in [-0.39, 0.29) is 33.4 Å². The first-order valence-corrected chi connectivity index (χ1v) is 25.0. The molecule has 0 aromatic heterocycles. The van der Waals surface area contributed by atoms with E-state index in [2.05, 4.69) is 75.1 Å². The van der Waals surface area contributed by atoms with Crippen molar-refractivity contribution in [3.8, 4) is 70.4 Å². The standard InChI is InChI=1S/C60H66O12/c1-5-9-13-19-29-69-53-41-47(27-25-43-33-49(57(61)62)37-50(34-43)58(63)64)55(71-31-21-15-11-7-3)39-45(53)23-17-18-24-46-40-56(72-32-22-16-12-8-4)48(42-54(46)70-30-20-14-10-6-2)28-26-44-35-51(59(65)66)38-52(36-44)60(67)68/h33-42H,5-16,19-22,29-32H2,1-4H3,(H,61,62)(H,63,64)(H,65,66)(H,67,68). The van der Waals surface area contributed by atoms with E-state index in [0.717, 1.165) is 115 Å². The summed E-state index contributed by atoms with van der Waals surface area (Å²) in [6, 6.07) is 14.5. The number of carbonyl (C=O) groups is 4. The highest BCUT2D eigenvalue weighted by Gasteiger charge is 2.16. The molecule has 0 amide bonds. The summed E-state index contributed by atoms with van der Waals surface area (Å²) in [5, 5.41) is 38.7. The van der Waals surface area contributed by atoms with Crippen LogP contribution in [0.25, 0.3) is 0 Å². The van der Waals surface area contributed by atoms with Gasteiger partial charge in [-0.2, -0.15) is 0 Å². The predicted molar refractivity (Wildman–Crippen MR) is 278 cm³/mol. The molecule has 0 aliphatic rings. The molecule has 0 saturated heterocycles. The van der Waals surface area contributed by atoms with Crippen LogP contribution in [-0.4, -0.2) is 70.7 Å². The molecule has 0 aliphatic carbocycles. The lowest BCUT2D eigenvalue weighted by atomic mass is 10.0. The van der Waals surface area contributed by atoms with Crippen LogP contribution in [0.1, 0.15) is 205 Å². The molecule has 4 N–H and O–H groups in total. The molecule has 0 fully saturated rings. The lowest BCUT2D eigenvalue weighted by molar-refractivity contribution is 0.0676. The third-order valence-electron chi connectivity index (χ3n) is 11.2. The lowest BCUT2D eigenvalue weighted by Crippen LogP contribution is -2.04. The molecule has 0 heterocycles. The molecule has 12 heteroatoms. The van der Waals surface area contributed by atoms with Crippen LogP contribution in [0.5, 0.6) is 23.0 Å². The van der Waals surface area contributed by atoms with Crippen LogP contribution < -0.4 is 18.9 Å². The van der Waals surface area contributed by atoms with Crippen molar-refractivity contribution in [1.29, 1.82) is 0 Å². The largest absolute Gasteiger partial charge is 0.492 e. The molecule has 12 nitrogen and oxygen atoms in total. The highest BCUT2D eigenvalue weighted by Crippen LogP contribution is 2.31. The molecule has 0 atom stereocenters. The van der Waals surface area contributed by atoms with Crippen molar-refractivity contribution in [3.63, 3.8) is 0 Å². The first kappa shape index (κ1) is 56.8. The molecule has 4 aromatic carbocycles. The number of carboxylic acid groups (broad SMARTS) is 4. The van der Waals surface area contributed by atoms with E-state index >= 15 is 0 Å². The summed E-state index contributed by atoms with van der Waals surface area (Å²) in [7, 11) is 0. The summed E-state index contributed by atoms with van der Waals surface area (Å²) >= 11 is 0. The van der Waals surface area contributed by atoms with Crippen LogP contribution in [0, 0.1) is 47.4 Å². The number of rotatable bonds is 28. The van der Waals surface area contributed by atoms with Gasteiger partial charge in [0.2, 0.25) is 0 Å². The Morgan fingerprint density at radius 3 is 0.819 bits per heavy atom. The Labute approximate surface area is 424 Å². The van der Waals surface area contributed by atoms with Gasteiger partial charge in [-0.1, -0.05) is 128 Å². The van der Waals surface area contributed by atoms with Crippen molar-refractivity contribution in [2.75, 3.05) is 26.4 Å². The maximum atomic E-state index is 11.8. The molecule has 0 spiro atoms. The number of unbranched alkanes of at least 4 members (excludes halogenated alkanes) is 12. The highest BCUT2D eigenvalue weighted by molar-refractivity contribution is 5.95. The molecule has 0 radical (unpaired) electrons. The summed E-state index contributed by atoms with van der Waals surface area (Å²) in [4.78, 5) is 47.4. The quantitative estimate of drug-likeness (QED) is 0.0312. The van der Waals surface area contributed by atoms with Crippen molar-refractivity contribution in [3.05, 3.63) is 116 Å². The second-order valence-corrected chi connectivity index (χ2v) is 17.1. The lowest BCUT2D eigenvalue weighted by Gasteiger charge is -2.14. The zero-order valence-electron chi connectivity index (χ0n) is 42.0. The molecular weight excluding hydrogens is 913 g/mol. The predicted octanol–water partition coefficient (Wildman–Crippen LogP) is 12.5. The number of hydrogen-bond donors (Lipinski definition) is 4. The Morgan fingerprint density at radius 1 is 0.333 bits per heavy atom. The number of ether oxygens (including phenoxy) is 4. The minimum Gasteiger partial charge on any atom is -0.492 e. The third kappa shape index (κ3) is 19.5. The van der Waals surface area contributed by atoms with E-state index in [1.54, 1.807) is 24.3 Å². The molecule has 378 valence electrons. The molecule has 4 aromatic rings. The van der Waals surface area contributed by atoms with Gasteiger partial charge in [-0.3, -0.25) is 0 Å². The number of hydrogen-bond acceptors (Lipinski definition) is 8. The minimum atomic E-state index is -1.28. The first-order chi connectivity index (χ1) is 34.9. The zero-order chi connectivity index (χ0) is 52.1. The van der Waals surface area contributed by atoms with Crippen LogP contribution >= 0.6 is 0 Å². The first-order valence-electron chi connectivity index (χ1n) is 25.0. The average Bonchev–Trinajstić information content (AvgIpc) is 3.36. The Morgan fingerprint density at radius 2 is 0.583 bits per heavy atom. The molecule has 0 unspecified atom stereocenters. The van der Waals surface area contributed by atoms with Crippen molar-refractivity contribution in [1.82, 2.24) is 0 Å². The number of benzene rings is 4. The second kappa shape index (κ2) is 31.4. The van der Waals surface area contributed by atoms with Gasteiger partial charge in [-0.25, -0.2) is 19.2 Å². The van der Waals surface area contributed by atoms with Gasteiger partial charge in [-0.15, -0.1) is 0 Å². The van der Waals surface area contributed by atoms with Gasteiger partial charge in [0.25, 0.3) is 0 Å². The fraction of sp³-hybridized carbons (Fsp3) is 0.400. The normalized spacial score (nSPS) is 10.2. The zero-order valence-corrected chi connectivity index (χ0v) is 42.0. The van der Waals surface area contributed by atoms with Gasteiger partial charge in [-0.05, 0) is 85.8 Å². The molecule has 0 bridgehead atoms. The minimum absolute atomic E-state index is 0.200. The van der Waals surface area contributed by atoms with E-state index in [4.69, 9.17) is 18.9 Å². The Bertz CT molecular complexity index is 2500. The Balaban J connectivity index is 1.87. The van der Waals surface area contributed by atoms with Gasteiger partial charge < -0.3 is 39.4 Å². The van der Waals surface area contributed by atoms with E-state index in [9.17, 15) is 39.6 Å². The van der Waals surface area contributed by atoms with Crippen LogP contribution in [0.15, 0.2) is 60.7 Å². The van der Waals surface area contributed by atoms with Crippen molar-refractivity contribution >= 4 is 23.9 Å². The fourth-order valence-electron chi connectivity index (χ4n) is 7.20. The molecule has 0 saturated carbocycles. The summed E-state index contributed by atoms with van der Waals surface area (Å²) in [5.74, 6) is 21.0. The van der Waals surface area contributed by atoms with E-state index < -0.39 is 23.9 Å². The molecular formula is C60H66O12. The van der Waals surface area contributed by atoms with E-state index in [1.165, 1.54) is 24.3 Å². The van der Waals surface area contributed by atoms with E-state index in [1.807, 2.05) is 0 Å². The Hall–Kier alpha value is -7.80. The highest BCUT2D eigenvalue weighted by atomic mass is 16.5. The summed E-state index contributed by atoms with van der Waals surface area (Å²) in [6.45, 7) is 10.1. The van der Waals surface area contributed by atoms with Gasteiger partial charge in [0, 0.05) is 35.4 Å². The molecule has 4 rings (SSSR count). The summed E-state index contributed by atoms with van der Waals surface area (Å²) in [5.41, 5.74) is 1.52. The topological polar surface area (TPSA) is 186 Å². The van der Waals surface area contributed by atoms with Crippen molar-refractivity contribution in [2.45, 2.75) is 130 Å². The van der Waals surface area contributed by atoms with Crippen LogP contribution in [0.4, 0.5) is 0 Å². The smallest absolute Gasteiger partial charge is 0.335 e. The van der Waals surface area contributed by atoms with Crippen molar-refractivity contribution < 1.29 is 58.6 Å². The maximum Gasteiger partial charge on any atom is 0.335 e. The summed E-state index contributed by atoms with van der Waals surface area (Å²) < 4.78 is 25.3. The van der Waals surface area contributed by atoms with Crippen LogP contribution in [0.3, 0.4) is 0 Å². The maximum absolute atomic E-state index is 11.8. The van der Waals surface area contributed by atoms with Crippen molar-refractivity contribution in [2.24, 2.45) is 0 Å². The van der Waals surface area contributed by atoms with Gasteiger partial charge in [0.15, 0.2) is 0 Å². The third-order valence-corrected chi connectivity index (χ3v) is 11.2. The van der Waals surface area contributed by atoms with Gasteiger partial charge >= 0.3 is 23.9 Å². The molecule has 72 heavy (non-hydrogen) atoms. The van der Waals surface area contributed by atoms with Gasteiger partial charge in [0.1, 0.15) is 23.0 Å². The Kier molecular flexibility index (Phi) is 24.8. The molecule has 0 aliphatic heterocycles. The fourth-order valence-corrected chi connectivity index (χ4v) is 7.20. The van der Waals surface area contributed by atoms with Crippen LogP contribution in [0.2, 0.25) is 0 Å². The average molecular weight is 979 g/mol. The van der Waals surface area contributed by atoms with Gasteiger partial charge in [0.05, 0.1) is 70.9 Å². The number of carboxylic acids is 4. The second-order valence-electron chi connectivity index (χ2n) is 17.1.